The van der Waals surface area contributed by atoms with E-state index in [4.69, 9.17) is 5.11 Å². The second kappa shape index (κ2) is 6.17. The quantitative estimate of drug-likeness (QED) is 0.694. The van der Waals surface area contributed by atoms with Crippen LogP contribution < -0.4 is 5.32 Å². The summed E-state index contributed by atoms with van der Waals surface area (Å²) in [5.74, 6) is 3.82. The van der Waals surface area contributed by atoms with Gasteiger partial charge in [-0.1, -0.05) is 11.8 Å². The van der Waals surface area contributed by atoms with E-state index >= 15 is 0 Å². The van der Waals surface area contributed by atoms with Crippen LogP contribution in [0.4, 0.5) is 4.39 Å². The number of benzene rings is 1. The van der Waals surface area contributed by atoms with E-state index in [1.165, 1.54) is 17.0 Å². The minimum Gasteiger partial charge on any atom is -0.384 e. The Balaban J connectivity index is 2.31. The van der Waals surface area contributed by atoms with Crippen LogP contribution in [0.1, 0.15) is 15.9 Å². The Morgan fingerprint density at radius 3 is 3.00 bits per heavy atom. The van der Waals surface area contributed by atoms with E-state index in [9.17, 15) is 14.0 Å². The second-order valence-electron chi connectivity index (χ2n) is 4.23. The van der Waals surface area contributed by atoms with Crippen LogP contribution in [-0.4, -0.2) is 48.1 Å². The summed E-state index contributed by atoms with van der Waals surface area (Å²) in [5, 5.41) is 11.3. The molecule has 1 aromatic carbocycles. The van der Waals surface area contributed by atoms with Crippen LogP contribution in [0.15, 0.2) is 18.2 Å². The lowest BCUT2D eigenvalue weighted by Crippen LogP contribution is -2.50. The molecule has 5 nitrogen and oxygen atoms in total. The molecule has 1 saturated heterocycles. The van der Waals surface area contributed by atoms with Gasteiger partial charge in [0.2, 0.25) is 5.91 Å². The molecule has 6 heteroatoms. The molecule has 2 N–H and O–H groups in total. The highest BCUT2D eigenvalue weighted by atomic mass is 19.1. The van der Waals surface area contributed by atoms with Crippen LogP contribution >= 0.6 is 0 Å². The highest BCUT2D eigenvalue weighted by Gasteiger charge is 2.23. The molecule has 104 valence electrons. The minimum atomic E-state index is -0.514. The molecule has 1 aliphatic rings. The zero-order valence-corrected chi connectivity index (χ0v) is 10.6. The SMILES string of the molecule is O=C1CN(C(=O)c2ccc(F)cc2C#CCO)CCN1. The van der Waals surface area contributed by atoms with Gasteiger partial charge in [-0.3, -0.25) is 9.59 Å². The molecular weight excluding hydrogens is 263 g/mol. The third kappa shape index (κ3) is 3.13. The summed E-state index contributed by atoms with van der Waals surface area (Å²) in [6.45, 7) is 0.386. The van der Waals surface area contributed by atoms with Gasteiger partial charge in [0.1, 0.15) is 12.4 Å². The Morgan fingerprint density at radius 1 is 1.50 bits per heavy atom. The molecule has 0 unspecified atom stereocenters. The predicted molar refractivity (Wildman–Crippen MR) is 69.3 cm³/mol. The number of aliphatic hydroxyl groups excluding tert-OH is 1. The fourth-order valence-corrected chi connectivity index (χ4v) is 1.92. The lowest BCUT2D eigenvalue weighted by atomic mass is 10.1. The van der Waals surface area contributed by atoms with Gasteiger partial charge in [-0.25, -0.2) is 4.39 Å². The highest BCUT2D eigenvalue weighted by molar-refractivity contribution is 5.99. The maximum Gasteiger partial charge on any atom is 0.255 e. The average Bonchev–Trinajstić information content (AvgIpc) is 2.44. The van der Waals surface area contributed by atoms with E-state index in [1.807, 2.05) is 0 Å². The topological polar surface area (TPSA) is 69.6 Å². The summed E-state index contributed by atoms with van der Waals surface area (Å²) in [6, 6.07) is 3.65. The van der Waals surface area contributed by atoms with Crippen molar-refractivity contribution in [3.05, 3.63) is 35.1 Å². The number of nitrogens with zero attached hydrogens (tertiary/aromatic N) is 1. The first kappa shape index (κ1) is 14.0. The first-order valence-corrected chi connectivity index (χ1v) is 6.07. The molecule has 20 heavy (non-hydrogen) atoms. The number of carbonyl (C=O) groups is 2. The highest BCUT2D eigenvalue weighted by Crippen LogP contribution is 2.14. The molecule has 0 atom stereocenters. The molecule has 2 rings (SSSR count). The smallest absolute Gasteiger partial charge is 0.255 e. The van der Waals surface area contributed by atoms with Crippen molar-refractivity contribution in [2.75, 3.05) is 26.2 Å². The lowest BCUT2D eigenvalue weighted by molar-refractivity contribution is -0.123. The van der Waals surface area contributed by atoms with Crippen molar-refractivity contribution in [2.45, 2.75) is 0 Å². The van der Waals surface area contributed by atoms with Gasteiger partial charge in [0.15, 0.2) is 0 Å². The Labute approximate surface area is 115 Å². The van der Waals surface area contributed by atoms with Crippen molar-refractivity contribution >= 4 is 11.8 Å². The van der Waals surface area contributed by atoms with Gasteiger partial charge in [0, 0.05) is 18.7 Å². The van der Waals surface area contributed by atoms with Crippen LogP contribution in [0, 0.1) is 17.7 Å². The van der Waals surface area contributed by atoms with Crippen molar-refractivity contribution in [3.63, 3.8) is 0 Å². The van der Waals surface area contributed by atoms with E-state index in [-0.39, 0.29) is 36.1 Å². The van der Waals surface area contributed by atoms with Crippen LogP contribution in [0.5, 0.6) is 0 Å². The van der Waals surface area contributed by atoms with Gasteiger partial charge in [0.25, 0.3) is 5.91 Å². The number of carbonyl (C=O) groups excluding carboxylic acids is 2. The number of amides is 2. The molecule has 0 saturated carbocycles. The molecule has 0 aromatic heterocycles. The molecule has 1 aromatic rings. The number of halogens is 1. The summed E-state index contributed by atoms with van der Waals surface area (Å²) in [7, 11) is 0. The first-order valence-electron chi connectivity index (χ1n) is 6.07. The Morgan fingerprint density at radius 2 is 2.30 bits per heavy atom. The largest absolute Gasteiger partial charge is 0.384 e. The monoisotopic (exact) mass is 276 g/mol. The number of hydrogen-bond acceptors (Lipinski definition) is 3. The first-order chi connectivity index (χ1) is 9.61. The van der Waals surface area contributed by atoms with Crippen LogP contribution in [0.3, 0.4) is 0 Å². The van der Waals surface area contributed by atoms with E-state index in [2.05, 4.69) is 17.2 Å². The molecule has 1 aliphatic heterocycles. The standard InChI is InChI=1S/C14H13FN2O3/c15-11-3-4-12(10(8-11)2-1-7-18)14(20)17-6-5-16-13(19)9-17/h3-4,8,18H,5-7,9H2,(H,16,19). The zero-order valence-electron chi connectivity index (χ0n) is 10.6. The molecule has 0 spiro atoms. The van der Waals surface area contributed by atoms with Crippen molar-refractivity contribution in [3.8, 4) is 11.8 Å². The second-order valence-corrected chi connectivity index (χ2v) is 4.23. The number of rotatable bonds is 1. The van der Waals surface area contributed by atoms with Gasteiger partial charge in [-0.15, -0.1) is 0 Å². The van der Waals surface area contributed by atoms with Gasteiger partial charge < -0.3 is 15.3 Å². The van der Waals surface area contributed by atoms with Gasteiger partial charge in [-0.05, 0) is 18.2 Å². The summed E-state index contributed by atoms with van der Waals surface area (Å²) in [4.78, 5) is 25.0. The average molecular weight is 276 g/mol. The summed E-state index contributed by atoms with van der Waals surface area (Å²) >= 11 is 0. The number of piperazine rings is 1. The Bertz CT molecular complexity index is 604. The Kier molecular flexibility index (Phi) is 4.33. The lowest BCUT2D eigenvalue weighted by Gasteiger charge is -2.27. The van der Waals surface area contributed by atoms with Crippen molar-refractivity contribution in [2.24, 2.45) is 0 Å². The van der Waals surface area contributed by atoms with E-state index in [0.717, 1.165) is 6.07 Å². The zero-order chi connectivity index (χ0) is 14.5. The van der Waals surface area contributed by atoms with Crippen molar-refractivity contribution in [1.82, 2.24) is 10.2 Å². The molecule has 2 amide bonds. The third-order valence-electron chi connectivity index (χ3n) is 2.84. The van der Waals surface area contributed by atoms with Crippen LogP contribution in [0.2, 0.25) is 0 Å². The Hall–Kier alpha value is -2.39. The molecular formula is C14H13FN2O3. The minimum absolute atomic E-state index is 0.0247. The molecule has 0 radical (unpaired) electrons. The normalized spacial score (nSPS) is 14.3. The number of hydrogen-bond donors (Lipinski definition) is 2. The fourth-order valence-electron chi connectivity index (χ4n) is 1.92. The number of aliphatic hydroxyl groups is 1. The van der Waals surface area contributed by atoms with E-state index in [0.29, 0.717) is 13.1 Å². The van der Waals surface area contributed by atoms with E-state index in [1.54, 1.807) is 0 Å². The summed E-state index contributed by atoms with van der Waals surface area (Å²) in [6.07, 6.45) is 0. The number of nitrogens with one attached hydrogen (secondary N) is 1. The van der Waals surface area contributed by atoms with Gasteiger partial charge >= 0.3 is 0 Å². The van der Waals surface area contributed by atoms with Crippen molar-refractivity contribution < 1.29 is 19.1 Å². The van der Waals surface area contributed by atoms with Crippen molar-refractivity contribution in [1.29, 1.82) is 0 Å². The van der Waals surface area contributed by atoms with E-state index < -0.39 is 5.82 Å². The molecule has 1 fully saturated rings. The third-order valence-corrected chi connectivity index (χ3v) is 2.84. The fraction of sp³-hybridized carbons (Fsp3) is 0.286. The maximum atomic E-state index is 13.2. The summed E-state index contributed by atoms with van der Waals surface area (Å²) < 4.78 is 13.2. The van der Waals surface area contributed by atoms with Gasteiger partial charge in [-0.2, -0.15) is 0 Å². The van der Waals surface area contributed by atoms with Gasteiger partial charge in [0.05, 0.1) is 12.1 Å². The van der Waals surface area contributed by atoms with Crippen LogP contribution in [-0.2, 0) is 4.79 Å². The maximum absolute atomic E-state index is 13.2. The molecule has 0 aliphatic carbocycles. The van der Waals surface area contributed by atoms with Crippen LogP contribution in [0.25, 0.3) is 0 Å². The molecule has 0 bridgehead atoms. The predicted octanol–water partition coefficient (Wildman–Crippen LogP) is -0.258. The summed E-state index contributed by atoms with van der Waals surface area (Å²) in [5.41, 5.74) is 0.428. The molecule has 1 heterocycles.